The number of benzene rings is 1. The lowest BCUT2D eigenvalue weighted by atomic mass is 10.3. The zero-order valence-electron chi connectivity index (χ0n) is 10.5. The van der Waals surface area contributed by atoms with E-state index in [-0.39, 0.29) is 28.1 Å². The van der Waals surface area contributed by atoms with Crippen LogP contribution < -0.4 is 4.72 Å². The summed E-state index contributed by atoms with van der Waals surface area (Å²) in [6, 6.07) is 8.30. The molecule has 9 heteroatoms. The topological polar surface area (TPSA) is 79.5 Å². The minimum atomic E-state index is -4.05. The fourth-order valence-electron chi connectivity index (χ4n) is 1.53. The quantitative estimate of drug-likeness (QED) is 0.794. The van der Waals surface area contributed by atoms with Gasteiger partial charge in [-0.2, -0.15) is 17.2 Å². The first-order valence-electron chi connectivity index (χ1n) is 5.68. The van der Waals surface area contributed by atoms with E-state index in [0.717, 1.165) is 0 Å². The molecule has 1 aromatic heterocycles. The van der Waals surface area contributed by atoms with E-state index in [9.17, 15) is 17.2 Å². The van der Waals surface area contributed by atoms with Crippen molar-refractivity contribution in [2.24, 2.45) is 0 Å². The Morgan fingerprint density at radius 2 is 1.95 bits per heavy atom. The second-order valence-corrected chi connectivity index (χ2v) is 6.50. The van der Waals surface area contributed by atoms with E-state index < -0.39 is 27.5 Å². The van der Waals surface area contributed by atoms with E-state index in [4.69, 9.17) is 9.52 Å². The normalized spacial score (nSPS) is 11.8. The summed E-state index contributed by atoms with van der Waals surface area (Å²) >= 11 is 0.240. The van der Waals surface area contributed by atoms with Gasteiger partial charge in [0.2, 0.25) is 5.09 Å². The summed E-state index contributed by atoms with van der Waals surface area (Å²) in [6.45, 7) is -0.437. The number of nitrogens with one attached hydrogen (secondary N) is 1. The van der Waals surface area contributed by atoms with Crippen LogP contribution in [0.15, 0.2) is 50.8 Å². The number of rotatable bonds is 6. The molecule has 0 saturated carbocycles. The van der Waals surface area contributed by atoms with Gasteiger partial charge in [-0.3, -0.25) is 4.72 Å². The molecule has 21 heavy (non-hydrogen) atoms. The van der Waals surface area contributed by atoms with Crippen molar-refractivity contribution in [2.45, 2.75) is 22.4 Å². The maximum atomic E-state index is 12.4. The van der Waals surface area contributed by atoms with Gasteiger partial charge in [-0.25, -0.2) is 0 Å². The van der Waals surface area contributed by atoms with Crippen LogP contribution in [-0.2, 0) is 16.6 Å². The molecular weight excluding hydrogens is 324 g/mol. The zero-order valence-corrected chi connectivity index (χ0v) is 12.1. The Morgan fingerprint density at radius 3 is 2.57 bits per heavy atom. The number of thioether (sulfide) groups is 1. The number of anilines is 1. The molecule has 2 N–H and O–H groups in total. The number of sulfonamides is 1. The van der Waals surface area contributed by atoms with Crippen LogP contribution in [0.4, 0.5) is 14.5 Å². The number of hydrogen-bond acceptors (Lipinski definition) is 5. The third kappa shape index (κ3) is 3.96. The fraction of sp³-hybridized carbons (Fsp3) is 0.167. The summed E-state index contributed by atoms with van der Waals surface area (Å²) in [6.07, 6.45) is 0. The lowest BCUT2D eigenvalue weighted by Gasteiger charge is -2.10. The van der Waals surface area contributed by atoms with E-state index in [0.29, 0.717) is 0 Å². The van der Waals surface area contributed by atoms with E-state index in [1.807, 2.05) is 0 Å². The van der Waals surface area contributed by atoms with E-state index in [1.54, 1.807) is 0 Å². The summed E-state index contributed by atoms with van der Waals surface area (Å²) in [7, 11) is -4.05. The largest absolute Gasteiger partial charge is 0.445 e. The van der Waals surface area contributed by atoms with Gasteiger partial charge in [0.15, 0.2) is 0 Å². The van der Waals surface area contributed by atoms with Crippen molar-refractivity contribution in [2.75, 3.05) is 4.72 Å². The molecule has 0 spiro atoms. The van der Waals surface area contributed by atoms with Crippen molar-refractivity contribution in [1.82, 2.24) is 0 Å². The maximum Gasteiger partial charge on any atom is 0.295 e. The van der Waals surface area contributed by atoms with Gasteiger partial charge in [0.05, 0.1) is 5.69 Å². The van der Waals surface area contributed by atoms with E-state index in [1.165, 1.54) is 36.4 Å². The molecule has 0 atom stereocenters. The van der Waals surface area contributed by atoms with Gasteiger partial charge in [-0.15, -0.1) is 0 Å². The van der Waals surface area contributed by atoms with Crippen molar-refractivity contribution in [1.29, 1.82) is 0 Å². The molecule has 2 aromatic rings. The predicted molar refractivity (Wildman–Crippen MR) is 73.7 cm³/mol. The Morgan fingerprint density at radius 1 is 1.24 bits per heavy atom. The summed E-state index contributed by atoms with van der Waals surface area (Å²) < 4.78 is 56.2. The Bertz CT molecular complexity index is 716. The Kier molecular flexibility index (Phi) is 4.86. The van der Waals surface area contributed by atoms with E-state index >= 15 is 0 Å². The van der Waals surface area contributed by atoms with Crippen LogP contribution in [0.3, 0.4) is 0 Å². The predicted octanol–water partition coefficient (Wildman–Crippen LogP) is 2.89. The zero-order chi connectivity index (χ0) is 15.5. The second-order valence-electron chi connectivity index (χ2n) is 3.86. The van der Waals surface area contributed by atoms with Crippen molar-refractivity contribution in [3.8, 4) is 0 Å². The number of alkyl halides is 2. The highest BCUT2D eigenvalue weighted by atomic mass is 32.2. The first-order valence-corrected chi connectivity index (χ1v) is 8.05. The number of para-hydroxylation sites is 1. The number of aliphatic hydroxyl groups excluding tert-OH is 1. The van der Waals surface area contributed by atoms with Crippen LogP contribution in [0.25, 0.3) is 0 Å². The van der Waals surface area contributed by atoms with Gasteiger partial charge in [-0.05, 0) is 24.3 Å². The van der Waals surface area contributed by atoms with Crippen LogP contribution in [0, 0.1) is 0 Å². The molecule has 1 heterocycles. The molecule has 2 rings (SSSR count). The smallest absolute Gasteiger partial charge is 0.295 e. The molecule has 0 aliphatic rings. The highest BCUT2D eigenvalue weighted by molar-refractivity contribution is 7.99. The van der Waals surface area contributed by atoms with Gasteiger partial charge in [0, 0.05) is 4.90 Å². The first-order chi connectivity index (χ1) is 9.92. The van der Waals surface area contributed by atoms with E-state index in [2.05, 4.69) is 4.72 Å². The number of aliphatic hydroxyl groups is 1. The summed E-state index contributed by atoms with van der Waals surface area (Å²) in [5.41, 5.74) is 0.0322. The summed E-state index contributed by atoms with van der Waals surface area (Å²) in [5, 5.41) is 8.45. The molecule has 0 aliphatic carbocycles. The van der Waals surface area contributed by atoms with Crippen LogP contribution in [0.1, 0.15) is 5.76 Å². The Hall–Kier alpha value is -1.58. The number of halogens is 2. The van der Waals surface area contributed by atoms with Gasteiger partial charge in [0.25, 0.3) is 15.8 Å². The molecule has 5 nitrogen and oxygen atoms in total. The molecule has 0 radical (unpaired) electrons. The van der Waals surface area contributed by atoms with Crippen LogP contribution in [0.5, 0.6) is 0 Å². The Balaban J connectivity index is 2.28. The SMILES string of the molecule is O=S(=O)(Nc1ccccc1SC(F)F)c1ccc(CO)o1. The molecule has 0 aliphatic heterocycles. The maximum absolute atomic E-state index is 12.4. The molecule has 0 saturated heterocycles. The van der Waals surface area contributed by atoms with Gasteiger partial charge in [0.1, 0.15) is 12.4 Å². The monoisotopic (exact) mass is 335 g/mol. The van der Waals surface area contributed by atoms with Gasteiger partial charge < -0.3 is 9.52 Å². The molecule has 0 bridgehead atoms. The van der Waals surface area contributed by atoms with Crippen LogP contribution in [-0.4, -0.2) is 19.3 Å². The second kappa shape index (κ2) is 6.46. The lowest BCUT2D eigenvalue weighted by Crippen LogP contribution is -2.12. The number of furan rings is 1. The summed E-state index contributed by atoms with van der Waals surface area (Å²) in [5.74, 6) is -2.58. The third-order valence-corrected chi connectivity index (χ3v) is 4.43. The van der Waals surface area contributed by atoms with Gasteiger partial charge >= 0.3 is 0 Å². The summed E-state index contributed by atoms with van der Waals surface area (Å²) in [4.78, 5) is 0.102. The molecular formula is C12H11F2NO4S2. The van der Waals surface area contributed by atoms with Crippen molar-refractivity contribution < 1.29 is 26.7 Å². The van der Waals surface area contributed by atoms with Crippen molar-refractivity contribution in [3.05, 3.63) is 42.2 Å². The van der Waals surface area contributed by atoms with Crippen molar-refractivity contribution >= 4 is 27.5 Å². The molecule has 0 fully saturated rings. The minimum Gasteiger partial charge on any atom is -0.445 e. The van der Waals surface area contributed by atoms with Crippen molar-refractivity contribution in [3.63, 3.8) is 0 Å². The minimum absolute atomic E-state index is 0.0322. The molecule has 0 unspecified atom stereocenters. The third-order valence-electron chi connectivity index (χ3n) is 2.41. The average Bonchev–Trinajstić information content (AvgIpc) is 2.90. The highest BCUT2D eigenvalue weighted by Crippen LogP contribution is 2.33. The highest BCUT2D eigenvalue weighted by Gasteiger charge is 2.21. The number of hydrogen-bond donors (Lipinski definition) is 2. The van der Waals surface area contributed by atoms with Gasteiger partial charge in [-0.1, -0.05) is 23.9 Å². The lowest BCUT2D eigenvalue weighted by molar-refractivity contribution is 0.236. The van der Waals surface area contributed by atoms with Crippen LogP contribution >= 0.6 is 11.8 Å². The first kappa shape index (κ1) is 15.8. The Labute approximate surface area is 124 Å². The molecule has 114 valence electrons. The van der Waals surface area contributed by atoms with Crippen LogP contribution in [0.2, 0.25) is 0 Å². The fourth-order valence-corrected chi connectivity index (χ4v) is 3.22. The average molecular weight is 335 g/mol. The standard InChI is InChI=1S/C12H11F2NO4S2/c13-12(14)20-10-4-2-1-3-9(10)15-21(17,18)11-6-5-8(7-16)19-11/h1-6,12,15-16H,7H2. The molecule has 1 aromatic carbocycles. The molecule has 0 amide bonds.